The molecule has 0 fully saturated rings. The summed E-state index contributed by atoms with van der Waals surface area (Å²) in [5, 5.41) is 7.83. The van der Waals surface area contributed by atoms with Crippen molar-refractivity contribution in [2.45, 2.75) is 23.8 Å². The summed E-state index contributed by atoms with van der Waals surface area (Å²) in [5.74, 6) is -0.208. The molecule has 0 aliphatic rings. The van der Waals surface area contributed by atoms with Crippen LogP contribution in [0.25, 0.3) is 0 Å². The number of nitrogens with one attached hydrogen (secondary N) is 1. The fraction of sp³-hybridized carbons (Fsp3) is 0.235. The molecule has 0 heterocycles. The summed E-state index contributed by atoms with van der Waals surface area (Å²) in [6.45, 7) is 0.427. The van der Waals surface area contributed by atoms with Gasteiger partial charge in [-0.1, -0.05) is 42.5 Å². The van der Waals surface area contributed by atoms with Crippen LogP contribution in [0.2, 0.25) is 0 Å². The van der Waals surface area contributed by atoms with Gasteiger partial charge in [0, 0.05) is 6.54 Å². The average molecular weight is 347 g/mol. The minimum Gasteiger partial charge on any atom is -0.354 e. The van der Waals surface area contributed by atoms with Crippen LogP contribution in [-0.2, 0) is 27.7 Å². The smallest absolute Gasteiger partial charge is 0.238 e. The Kier molecular flexibility index (Phi) is 6.08. The fourth-order valence-electron chi connectivity index (χ4n) is 2.27. The Labute approximate surface area is 141 Å². The Morgan fingerprint density at radius 3 is 2.21 bits per heavy atom. The van der Waals surface area contributed by atoms with Crippen molar-refractivity contribution in [1.82, 2.24) is 5.32 Å². The highest BCUT2D eigenvalue weighted by Gasteiger charge is 2.13. The number of hydrogen-bond donors (Lipinski definition) is 3. The van der Waals surface area contributed by atoms with Crippen LogP contribution in [0.15, 0.2) is 59.5 Å². The van der Waals surface area contributed by atoms with Crippen molar-refractivity contribution in [3.63, 3.8) is 0 Å². The molecular formula is C17H21N3O3S. The number of carbonyl (C=O) groups excluding carboxylic acids is 1. The molecule has 6 nitrogen and oxygen atoms in total. The van der Waals surface area contributed by atoms with Crippen molar-refractivity contribution in [2.75, 3.05) is 6.54 Å². The summed E-state index contributed by atoms with van der Waals surface area (Å²) in [5.41, 5.74) is 7.82. The highest BCUT2D eigenvalue weighted by atomic mass is 32.2. The van der Waals surface area contributed by atoms with Gasteiger partial charge in [-0.05, 0) is 36.1 Å². The number of amides is 1. The van der Waals surface area contributed by atoms with E-state index >= 15 is 0 Å². The number of nitrogens with two attached hydrogens (primary N) is 2. The lowest BCUT2D eigenvalue weighted by atomic mass is 10.1. The van der Waals surface area contributed by atoms with E-state index in [9.17, 15) is 13.2 Å². The molecule has 2 rings (SSSR count). The minimum atomic E-state index is -3.68. The normalized spacial score (nSPS) is 12.6. The second-order valence-corrected chi connectivity index (χ2v) is 7.09. The Morgan fingerprint density at radius 2 is 1.62 bits per heavy atom. The van der Waals surface area contributed by atoms with Gasteiger partial charge in [0.2, 0.25) is 15.9 Å². The highest BCUT2D eigenvalue weighted by molar-refractivity contribution is 7.89. The molecule has 0 saturated carbocycles. The quantitative estimate of drug-likeness (QED) is 0.679. The van der Waals surface area contributed by atoms with Gasteiger partial charge in [-0.2, -0.15) is 0 Å². The third-order valence-corrected chi connectivity index (χ3v) is 4.53. The van der Waals surface area contributed by atoms with Crippen LogP contribution in [0.3, 0.4) is 0 Å². The molecule has 0 aromatic heterocycles. The monoisotopic (exact) mass is 347 g/mol. The molecule has 0 bridgehead atoms. The van der Waals surface area contributed by atoms with E-state index in [2.05, 4.69) is 5.32 Å². The predicted molar refractivity (Wildman–Crippen MR) is 92.7 cm³/mol. The molecule has 7 heteroatoms. The molecule has 0 saturated heterocycles. The molecule has 128 valence electrons. The third kappa shape index (κ3) is 5.45. The predicted octanol–water partition coefficient (Wildman–Crippen LogP) is 0.563. The molecule has 0 radical (unpaired) electrons. The highest BCUT2D eigenvalue weighted by Crippen LogP contribution is 2.09. The van der Waals surface area contributed by atoms with Crippen LogP contribution >= 0.6 is 0 Å². The van der Waals surface area contributed by atoms with Crippen molar-refractivity contribution in [3.05, 3.63) is 65.7 Å². The molecular weight excluding hydrogens is 326 g/mol. The first-order chi connectivity index (χ1) is 11.4. The van der Waals surface area contributed by atoms with Gasteiger partial charge in [-0.3, -0.25) is 4.79 Å². The fourth-order valence-corrected chi connectivity index (χ4v) is 2.78. The van der Waals surface area contributed by atoms with E-state index in [1.165, 1.54) is 12.1 Å². The summed E-state index contributed by atoms with van der Waals surface area (Å²) in [4.78, 5) is 12.1. The first-order valence-electron chi connectivity index (χ1n) is 7.55. The maximum absolute atomic E-state index is 12.0. The maximum Gasteiger partial charge on any atom is 0.238 e. The molecule has 2 aromatic rings. The van der Waals surface area contributed by atoms with Gasteiger partial charge in [0.05, 0.1) is 10.9 Å². The van der Waals surface area contributed by atoms with E-state index in [-0.39, 0.29) is 10.8 Å². The molecule has 5 N–H and O–H groups in total. The molecule has 0 spiro atoms. The van der Waals surface area contributed by atoms with Crippen molar-refractivity contribution < 1.29 is 13.2 Å². The SMILES string of the molecule is N[C@@H](Cc1ccccc1)C(=O)NCCc1ccc(S(N)(=O)=O)cc1. The molecule has 0 aliphatic carbocycles. The molecule has 0 aliphatic heterocycles. The number of rotatable bonds is 7. The summed E-state index contributed by atoms with van der Waals surface area (Å²) < 4.78 is 22.4. The number of hydrogen-bond acceptors (Lipinski definition) is 4. The third-order valence-electron chi connectivity index (χ3n) is 3.60. The van der Waals surface area contributed by atoms with Crippen LogP contribution in [0, 0.1) is 0 Å². The van der Waals surface area contributed by atoms with Crippen LogP contribution in [0.4, 0.5) is 0 Å². The second kappa shape index (κ2) is 8.05. The summed E-state index contributed by atoms with van der Waals surface area (Å²) >= 11 is 0. The van der Waals surface area contributed by atoms with E-state index < -0.39 is 16.1 Å². The largest absolute Gasteiger partial charge is 0.354 e. The Morgan fingerprint density at radius 1 is 1.00 bits per heavy atom. The standard InChI is InChI=1S/C17H21N3O3S/c18-16(12-14-4-2-1-3-5-14)17(21)20-11-10-13-6-8-15(9-7-13)24(19,22)23/h1-9,16H,10-12,18H2,(H,20,21)(H2,19,22,23)/t16-/m0/s1. The first-order valence-corrected chi connectivity index (χ1v) is 9.10. The van der Waals surface area contributed by atoms with Crippen molar-refractivity contribution in [2.24, 2.45) is 10.9 Å². The molecule has 2 aromatic carbocycles. The Hall–Kier alpha value is -2.22. The lowest BCUT2D eigenvalue weighted by Gasteiger charge is -2.12. The molecule has 24 heavy (non-hydrogen) atoms. The van der Waals surface area contributed by atoms with E-state index in [0.29, 0.717) is 19.4 Å². The van der Waals surface area contributed by atoms with Gasteiger partial charge in [-0.25, -0.2) is 13.6 Å². The zero-order chi connectivity index (χ0) is 17.6. The van der Waals surface area contributed by atoms with Gasteiger partial charge in [0.25, 0.3) is 0 Å². The van der Waals surface area contributed by atoms with E-state index in [1.54, 1.807) is 12.1 Å². The van der Waals surface area contributed by atoms with Crippen molar-refractivity contribution in [3.8, 4) is 0 Å². The van der Waals surface area contributed by atoms with Gasteiger partial charge >= 0.3 is 0 Å². The lowest BCUT2D eigenvalue weighted by molar-refractivity contribution is -0.122. The zero-order valence-corrected chi connectivity index (χ0v) is 14.0. The Bertz CT molecular complexity index is 774. The van der Waals surface area contributed by atoms with Crippen LogP contribution in [0.1, 0.15) is 11.1 Å². The van der Waals surface area contributed by atoms with E-state index in [1.807, 2.05) is 30.3 Å². The molecule has 1 amide bonds. The summed E-state index contributed by atoms with van der Waals surface area (Å²) in [6.07, 6.45) is 1.06. The minimum absolute atomic E-state index is 0.0696. The number of benzene rings is 2. The lowest BCUT2D eigenvalue weighted by Crippen LogP contribution is -2.42. The van der Waals surface area contributed by atoms with Crippen LogP contribution in [0.5, 0.6) is 0 Å². The summed E-state index contributed by atoms with van der Waals surface area (Å²) in [7, 11) is -3.68. The topological polar surface area (TPSA) is 115 Å². The summed E-state index contributed by atoms with van der Waals surface area (Å²) in [6, 6.07) is 15.2. The van der Waals surface area contributed by atoms with Gasteiger partial charge < -0.3 is 11.1 Å². The van der Waals surface area contributed by atoms with Crippen molar-refractivity contribution >= 4 is 15.9 Å². The van der Waals surface area contributed by atoms with Crippen LogP contribution in [-0.4, -0.2) is 26.9 Å². The number of primary sulfonamides is 1. The van der Waals surface area contributed by atoms with E-state index in [0.717, 1.165) is 11.1 Å². The average Bonchev–Trinajstić information content (AvgIpc) is 2.55. The number of sulfonamides is 1. The van der Waals surface area contributed by atoms with Gasteiger partial charge in [0.15, 0.2) is 0 Å². The Balaban J connectivity index is 1.80. The van der Waals surface area contributed by atoms with Gasteiger partial charge in [-0.15, -0.1) is 0 Å². The van der Waals surface area contributed by atoms with Crippen LogP contribution < -0.4 is 16.2 Å². The first kappa shape index (κ1) is 18.1. The molecule has 1 atom stereocenters. The van der Waals surface area contributed by atoms with Gasteiger partial charge in [0.1, 0.15) is 0 Å². The maximum atomic E-state index is 12.0. The second-order valence-electron chi connectivity index (χ2n) is 5.53. The van der Waals surface area contributed by atoms with E-state index in [4.69, 9.17) is 10.9 Å². The number of carbonyl (C=O) groups is 1. The zero-order valence-electron chi connectivity index (χ0n) is 13.2. The van der Waals surface area contributed by atoms with Crippen molar-refractivity contribution in [1.29, 1.82) is 0 Å². The molecule has 0 unspecified atom stereocenters.